The molecule has 2 rings (SSSR count). The first kappa shape index (κ1) is 12.9. The minimum absolute atomic E-state index is 0.220. The van der Waals surface area contributed by atoms with Gasteiger partial charge in [-0.2, -0.15) is 0 Å². The third-order valence-electron chi connectivity index (χ3n) is 2.68. The molecule has 6 heteroatoms. The highest BCUT2D eigenvalue weighted by atomic mass is 35.5. The summed E-state index contributed by atoms with van der Waals surface area (Å²) >= 11 is 11.8. The van der Waals surface area contributed by atoms with Crippen molar-refractivity contribution in [1.29, 1.82) is 0 Å². The van der Waals surface area contributed by atoms with Crippen LogP contribution in [0.1, 0.15) is 18.5 Å². The highest BCUT2D eigenvalue weighted by molar-refractivity contribution is 6.42. The van der Waals surface area contributed by atoms with Crippen molar-refractivity contribution in [3.05, 3.63) is 57.7 Å². The summed E-state index contributed by atoms with van der Waals surface area (Å²) in [5, 5.41) is 15.0. The van der Waals surface area contributed by atoms with Gasteiger partial charge in [-0.3, -0.25) is 0 Å². The van der Waals surface area contributed by atoms with E-state index in [9.17, 15) is 5.21 Å². The molecule has 0 aliphatic heterocycles. The maximum Gasteiger partial charge on any atom is 0.294 e. The van der Waals surface area contributed by atoms with E-state index in [1.54, 1.807) is 41.5 Å². The third kappa shape index (κ3) is 2.49. The number of imidazole rings is 1. The van der Waals surface area contributed by atoms with Gasteiger partial charge in [0.2, 0.25) is 0 Å². The lowest BCUT2D eigenvalue weighted by Gasteiger charge is -2.10. The van der Waals surface area contributed by atoms with Crippen LogP contribution in [0.2, 0.25) is 10.0 Å². The molecule has 1 aromatic heterocycles. The van der Waals surface area contributed by atoms with Gasteiger partial charge in [0.05, 0.1) is 27.1 Å². The summed E-state index contributed by atoms with van der Waals surface area (Å²) in [5.74, 6) is 0. The van der Waals surface area contributed by atoms with E-state index in [1.165, 1.54) is 0 Å². The zero-order chi connectivity index (χ0) is 13.1. The predicted molar refractivity (Wildman–Crippen MR) is 73.0 cm³/mol. The van der Waals surface area contributed by atoms with Crippen molar-refractivity contribution in [2.45, 2.75) is 13.0 Å². The fourth-order valence-corrected chi connectivity index (χ4v) is 1.96. The average molecular weight is 283 g/mol. The zero-order valence-electron chi connectivity index (χ0n) is 9.55. The summed E-state index contributed by atoms with van der Waals surface area (Å²) < 4.78 is 1.79. The van der Waals surface area contributed by atoms with Gasteiger partial charge in [0.25, 0.3) is 5.71 Å². The van der Waals surface area contributed by atoms with Crippen molar-refractivity contribution in [2.75, 3.05) is 0 Å². The lowest BCUT2D eigenvalue weighted by molar-refractivity contribution is 0.692. The smallest absolute Gasteiger partial charge is 0.294 e. The summed E-state index contributed by atoms with van der Waals surface area (Å²) in [6, 6.07) is 4.78. The molecule has 1 radical (unpaired) electrons. The Morgan fingerprint density at radius 3 is 2.72 bits per heavy atom. The Kier molecular flexibility index (Phi) is 3.89. The van der Waals surface area contributed by atoms with E-state index < -0.39 is 0 Å². The molecule has 0 bridgehead atoms. The minimum atomic E-state index is -0.220. The summed E-state index contributed by atoms with van der Waals surface area (Å²) in [5.41, 5.74) is 1.03. The van der Waals surface area contributed by atoms with Crippen LogP contribution in [-0.4, -0.2) is 15.3 Å². The van der Waals surface area contributed by atoms with Crippen LogP contribution in [0.4, 0.5) is 0 Å². The second kappa shape index (κ2) is 5.42. The molecule has 0 amide bonds. The molecular weight excluding hydrogens is 273 g/mol. The molecule has 0 fully saturated rings. The largest absolute Gasteiger partial charge is 0.561 e. The first-order valence-corrected chi connectivity index (χ1v) is 6.02. The molecule has 4 nitrogen and oxygen atoms in total. The Hall–Kier alpha value is -1.52. The standard InChI is InChI=1S/C12H10Cl2N3O/c1-8(17-5-4-15-7-17)12(16-18)9-2-3-10(13)11(14)6-9/h2-8H,1H3. The van der Waals surface area contributed by atoms with Crippen LogP contribution in [0.25, 0.3) is 0 Å². The number of aromatic nitrogens is 2. The van der Waals surface area contributed by atoms with E-state index in [4.69, 9.17) is 23.2 Å². The predicted octanol–water partition coefficient (Wildman–Crippen LogP) is 3.07. The second-order valence-corrected chi connectivity index (χ2v) is 4.61. The molecule has 0 aliphatic carbocycles. The van der Waals surface area contributed by atoms with Crippen LogP contribution in [0.3, 0.4) is 0 Å². The van der Waals surface area contributed by atoms with Gasteiger partial charge in [-0.1, -0.05) is 23.2 Å². The van der Waals surface area contributed by atoms with Crippen molar-refractivity contribution in [1.82, 2.24) is 14.7 Å². The number of rotatable bonds is 3. The van der Waals surface area contributed by atoms with E-state index in [0.717, 1.165) is 0 Å². The van der Waals surface area contributed by atoms with Gasteiger partial charge >= 0.3 is 0 Å². The Balaban J connectivity index is 2.37. The first-order chi connectivity index (χ1) is 8.63. The SMILES string of the molecule is CC(C(=[N+][O-])c1ccc(Cl)c(Cl)c1)n1ccnc1. The van der Waals surface area contributed by atoms with Gasteiger partial charge < -0.3 is 9.77 Å². The van der Waals surface area contributed by atoms with Crippen molar-refractivity contribution in [3.63, 3.8) is 0 Å². The van der Waals surface area contributed by atoms with Gasteiger partial charge in [0.1, 0.15) is 6.04 Å². The Morgan fingerprint density at radius 2 is 2.17 bits per heavy atom. The summed E-state index contributed by atoms with van der Waals surface area (Å²) in [6.45, 7) is 1.86. The van der Waals surface area contributed by atoms with Crippen LogP contribution in [0, 0.1) is 5.21 Å². The highest BCUT2D eigenvalue weighted by Crippen LogP contribution is 2.24. The fourth-order valence-electron chi connectivity index (χ4n) is 1.67. The molecule has 0 saturated heterocycles. The lowest BCUT2D eigenvalue weighted by Crippen LogP contribution is -2.20. The van der Waals surface area contributed by atoms with Gasteiger partial charge in [-0.05, 0) is 25.1 Å². The molecule has 1 aromatic carbocycles. The van der Waals surface area contributed by atoms with Crippen LogP contribution in [0.15, 0.2) is 36.9 Å². The number of halogens is 2. The third-order valence-corrected chi connectivity index (χ3v) is 3.42. The van der Waals surface area contributed by atoms with Crippen molar-refractivity contribution >= 4 is 28.9 Å². The van der Waals surface area contributed by atoms with Crippen LogP contribution < -0.4 is 5.16 Å². The van der Waals surface area contributed by atoms with E-state index in [1.807, 2.05) is 6.92 Å². The maximum atomic E-state index is 11.0. The molecule has 1 atom stereocenters. The molecule has 1 heterocycles. The van der Waals surface area contributed by atoms with Crippen molar-refractivity contribution in [2.24, 2.45) is 0 Å². The van der Waals surface area contributed by atoms with E-state index in [2.05, 4.69) is 10.1 Å². The number of hydrogen-bond acceptors (Lipinski definition) is 3. The first-order valence-electron chi connectivity index (χ1n) is 5.26. The monoisotopic (exact) mass is 282 g/mol. The van der Waals surface area contributed by atoms with Gasteiger partial charge in [-0.15, -0.1) is 0 Å². The van der Waals surface area contributed by atoms with E-state index in [0.29, 0.717) is 21.3 Å². The normalized spacial score (nSPS) is 13.6. The summed E-state index contributed by atoms with van der Waals surface area (Å²) in [6.07, 6.45) is 5.05. The zero-order valence-corrected chi connectivity index (χ0v) is 11.1. The fraction of sp³-hybridized carbons (Fsp3) is 0.167. The Morgan fingerprint density at radius 1 is 1.39 bits per heavy atom. The number of benzene rings is 1. The highest BCUT2D eigenvalue weighted by Gasteiger charge is 2.23. The maximum absolute atomic E-state index is 11.0. The molecule has 93 valence electrons. The number of nitrogens with zero attached hydrogens (tertiary/aromatic N) is 3. The van der Waals surface area contributed by atoms with Crippen molar-refractivity contribution < 1.29 is 0 Å². The quantitative estimate of drug-likeness (QED) is 0.494. The van der Waals surface area contributed by atoms with E-state index in [-0.39, 0.29) is 6.04 Å². The second-order valence-electron chi connectivity index (χ2n) is 3.79. The molecule has 0 saturated carbocycles. The lowest BCUT2D eigenvalue weighted by atomic mass is 10.0. The molecule has 1 unspecified atom stereocenters. The van der Waals surface area contributed by atoms with Crippen LogP contribution in [-0.2, 0) is 0 Å². The topological polar surface area (TPSA) is 55.0 Å². The molecule has 2 aromatic rings. The number of hydrogen-bond donors (Lipinski definition) is 0. The van der Waals surface area contributed by atoms with Gasteiger partial charge in [-0.25, -0.2) is 4.98 Å². The van der Waals surface area contributed by atoms with Gasteiger partial charge in [0.15, 0.2) is 0 Å². The van der Waals surface area contributed by atoms with E-state index >= 15 is 0 Å². The molecule has 0 aliphatic rings. The Labute approximate surface area is 114 Å². The summed E-state index contributed by atoms with van der Waals surface area (Å²) in [7, 11) is 0. The minimum Gasteiger partial charge on any atom is -0.561 e. The van der Waals surface area contributed by atoms with Crippen LogP contribution in [0.5, 0.6) is 0 Å². The average Bonchev–Trinajstić information content (AvgIpc) is 2.88. The molecule has 0 N–H and O–H groups in total. The van der Waals surface area contributed by atoms with Gasteiger partial charge in [0, 0.05) is 12.4 Å². The molecule has 0 spiro atoms. The molecular formula is C12H10Cl2N3O. The molecule has 18 heavy (non-hydrogen) atoms. The van der Waals surface area contributed by atoms with Crippen molar-refractivity contribution in [3.8, 4) is 0 Å². The van der Waals surface area contributed by atoms with Crippen LogP contribution >= 0.6 is 23.2 Å². The summed E-state index contributed by atoms with van der Waals surface area (Å²) in [4.78, 5) is 3.94. The Bertz CT molecular complexity index is 567.